The molecule has 4 rings (SSSR count). The van der Waals surface area contributed by atoms with E-state index in [1.54, 1.807) is 0 Å². The Kier molecular flexibility index (Phi) is 4.74. The number of anilines is 2. The van der Waals surface area contributed by atoms with Crippen molar-refractivity contribution < 1.29 is 9.59 Å². The number of benzene rings is 2. The van der Waals surface area contributed by atoms with E-state index < -0.39 is 0 Å². The summed E-state index contributed by atoms with van der Waals surface area (Å²) in [7, 11) is 0. The van der Waals surface area contributed by atoms with Gasteiger partial charge in [-0.1, -0.05) is 49.2 Å². The number of nitrogens with zero attached hydrogens (tertiary/aromatic N) is 1. The van der Waals surface area contributed by atoms with Crippen molar-refractivity contribution in [2.45, 2.75) is 32.1 Å². The minimum atomic E-state index is -0.246. The molecule has 1 aliphatic carbocycles. The second-order valence-corrected chi connectivity index (χ2v) is 7.22. The van der Waals surface area contributed by atoms with Crippen molar-refractivity contribution >= 4 is 23.2 Å². The van der Waals surface area contributed by atoms with Gasteiger partial charge in [-0.3, -0.25) is 9.59 Å². The van der Waals surface area contributed by atoms with E-state index in [-0.39, 0.29) is 23.7 Å². The summed E-state index contributed by atoms with van der Waals surface area (Å²) in [5.41, 5.74) is 3.04. The number of fused-ring (bicyclic) bond motifs is 1. The van der Waals surface area contributed by atoms with E-state index in [1.807, 2.05) is 53.4 Å². The third-order valence-electron chi connectivity index (χ3n) is 5.61. The summed E-state index contributed by atoms with van der Waals surface area (Å²) in [4.78, 5) is 28.0. The summed E-state index contributed by atoms with van der Waals surface area (Å²) in [6, 6.07) is 17.6. The van der Waals surface area contributed by atoms with Gasteiger partial charge in [0.05, 0.1) is 5.92 Å². The van der Waals surface area contributed by atoms with Crippen molar-refractivity contribution in [3.8, 4) is 0 Å². The number of hydrogen-bond acceptors (Lipinski definition) is 2. The topological polar surface area (TPSA) is 49.4 Å². The number of amides is 2. The van der Waals surface area contributed by atoms with Gasteiger partial charge in [0.1, 0.15) is 0 Å². The highest BCUT2D eigenvalue weighted by Gasteiger charge is 2.39. The van der Waals surface area contributed by atoms with Gasteiger partial charge >= 0.3 is 0 Å². The fourth-order valence-corrected chi connectivity index (χ4v) is 4.26. The molecule has 1 aliphatic heterocycles. The maximum Gasteiger partial charge on any atom is 0.230 e. The summed E-state index contributed by atoms with van der Waals surface area (Å²) in [5.74, 6) is -0.382. The van der Waals surface area contributed by atoms with Crippen molar-refractivity contribution in [2.75, 3.05) is 16.8 Å². The molecule has 4 heteroatoms. The Balaban J connectivity index is 1.52. The Morgan fingerprint density at radius 1 is 0.885 bits per heavy atom. The van der Waals surface area contributed by atoms with E-state index in [1.165, 1.54) is 5.56 Å². The number of para-hydroxylation sites is 2. The molecule has 2 aromatic carbocycles. The molecule has 0 bridgehead atoms. The molecular weight excluding hydrogens is 324 g/mol. The van der Waals surface area contributed by atoms with Gasteiger partial charge in [-0.2, -0.15) is 0 Å². The van der Waals surface area contributed by atoms with E-state index in [2.05, 4.69) is 11.4 Å². The fourth-order valence-electron chi connectivity index (χ4n) is 4.26. The van der Waals surface area contributed by atoms with Gasteiger partial charge in [0, 0.05) is 23.8 Å². The zero-order chi connectivity index (χ0) is 17.9. The van der Waals surface area contributed by atoms with Crippen LogP contribution in [0.3, 0.4) is 0 Å². The second-order valence-electron chi connectivity index (χ2n) is 7.22. The molecule has 2 aromatic rings. The molecule has 1 fully saturated rings. The Labute approximate surface area is 154 Å². The molecule has 0 spiro atoms. The molecule has 2 atom stereocenters. The van der Waals surface area contributed by atoms with Crippen LogP contribution in [0.5, 0.6) is 0 Å². The average Bonchev–Trinajstić information content (AvgIpc) is 3.12. The largest absolute Gasteiger partial charge is 0.326 e. The molecule has 1 N–H and O–H groups in total. The highest BCUT2D eigenvalue weighted by atomic mass is 16.2. The third kappa shape index (κ3) is 3.24. The predicted octanol–water partition coefficient (Wildman–Crippen LogP) is 4.02. The lowest BCUT2D eigenvalue weighted by Gasteiger charge is -2.32. The molecule has 2 aliphatic rings. The Morgan fingerprint density at radius 3 is 2.38 bits per heavy atom. The van der Waals surface area contributed by atoms with Crippen LogP contribution in [-0.2, 0) is 16.0 Å². The smallest absolute Gasteiger partial charge is 0.230 e. The van der Waals surface area contributed by atoms with E-state index in [0.717, 1.165) is 50.0 Å². The van der Waals surface area contributed by atoms with E-state index >= 15 is 0 Å². The lowest BCUT2D eigenvalue weighted by atomic mass is 9.77. The molecule has 2 unspecified atom stereocenters. The van der Waals surface area contributed by atoms with Crippen LogP contribution in [0.2, 0.25) is 0 Å². The first kappa shape index (κ1) is 16.8. The van der Waals surface area contributed by atoms with Crippen LogP contribution < -0.4 is 10.2 Å². The monoisotopic (exact) mass is 348 g/mol. The third-order valence-corrected chi connectivity index (χ3v) is 5.61. The zero-order valence-corrected chi connectivity index (χ0v) is 14.9. The van der Waals surface area contributed by atoms with Crippen molar-refractivity contribution in [1.29, 1.82) is 0 Å². The summed E-state index contributed by atoms with van der Waals surface area (Å²) in [6.07, 6.45) is 4.50. The second kappa shape index (κ2) is 7.32. The molecule has 134 valence electrons. The lowest BCUT2D eigenvalue weighted by molar-refractivity contribution is -0.132. The molecular formula is C22H24N2O2. The summed E-state index contributed by atoms with van der Waals surface area (Å²) in [5, 5.41) is 3.00. The van der Waals surface area contributed by atoms with Gasteiger partial charge in [-0.25, -0.2) is 0 Å². The maximum atomic E-state index is 13.3. The molecule has 0 radical (unpaired) electrons. The Bertz CT molecular complexity index is 803. The first-order chi connectivity index (χ1) is 12.7. The number of carbonyl (C=O) groups excluding carboxylic acids is 2. The number of hydrogen-bond donors (Lipinski definition) is 1. The van der Waals surface area contributed by atoms with Gasteiger partial charge < -0.3 is 10.2 Å². The SMILES string of the molecule is O=C(Nc1ccccc1)C1CCCCC1C(=O)N1CCc2ccccc21. The normalized spacial score (nSPS) is 21.9. The predicted molar refractivity (Wildman–Crippen MR) is 103 cm³/mol. The van der Waals surface area contributed by atoms with Crippen LogP contribution in [0.1, 0.15) is 31.2 Å². The first-order valence-corrected chi connectivity index (χ1v) is 9.49. The molecule has 2 amide bonds. The average molecular weight is 348 g/mol. The fraction of sp³-hybridized carbons (Fsp3) is 0.364. The quantitative estimate of drug-likeness (QED) is 0.911. The van der Waals surface area contributed by atoms with Gasteiger partial charge in [0.15, 0.2) is 0 Å². The molecule has 1 heterocycles. The highest BCUT2D eigenvalue weighted by Crippen LogP contribution is 2.36. The summed E-state index contributed by atoms with van der Waals surface area (Å²) in [6.45, 7) is 0.724. The first-order valence-electron chi connectivity index (χ1n) is 9.49. The van der Waals surface area contributed by atoms with E-state index in [4.69, 9.17) is 0 Å². The van der Waals surface area contributed by atoms with Gasteiger partial charge in [0.2, 0.25) is 11.8 Å². The Hall–Kier alpha value is -2.62. The van der Waals surface area contributed by atoms with Crippen LogP contribution in [0.4, 0.5) is 11.4 Å². The lowest BCUT2D eigenvalue weighted by Crippen LogP contribution is -2.43. The van der Waals surface area contributed by atoms with Crippen LogP contribution in [0, 0.1) is 11.8 Å². The molecule has 1 saturated carbocycles. The van der Waals surface area contributed by atoms with Crippen LogP contribution >= 0.6 is 0 Å². The van der Waals surface area contributed by atoms with Crippen LogP contribution in [0.15, 0.2) is 54.6 Å². The van der Waals surface area contributed by atoms with Crippen LogP contribution in [0.25, 0.3) is 0 Å². The number of rotatable bonds is 3. The van der Waals surface area contributed by atoms with Crippen molar-refractivity contribution in [3.63, 3.8) is 0 Å². The number of carbonyl (C=O) groups is 2. The maximum absolute atomic E-state index is 13.3. The van der Waals surface area contributed by atoms with Crippen molar-refractivity contribution in [2.24, 2.45) is 11.8 Å². The minimum absolute atomic E-state index is 0.0262. The van der Waals surface area contributed by atoms with Gasteiger partial charge in [0.25, 0.3) is 0 Å². The molecule has 0 saturated heterocycles. The molecule has 26 heavy (non-hydrogen) atoms. The zero-order valence-electron chi connectivity index (χ0n) is 14.9. The molecule has 0 aromatic heterocycles. The minimum Gasteiger partial charge on any atom is -0.326 e. The van der Waals surface area contributed by atoms with Crippen molar-refractivity contribution in [1.82, 2.24) is 0 Å². The van der Waals surface area contributed by atoms with Crippen LogP contribution in [-0.4, -0.2) is 18.4 Å². The van der Waals surface area contributed by atoms with Crippen molar-refractivity contribution in [3.05, 3.63) is 60.2 Å². The molecule has 4 nitrogen and oxygen atoms in total. The standard InChI is InChI=1S/C22H24N2O2/c25-21(23-17-9-2-1-3-10-17)18-11-5-6-12-19(18)22(26)24-15-14-16-8-4-7-13-20(16)24/h1-4,7-10,13,18-19H,5-6,11-12,14-15H2,(H,23,25). The van der Waals surface area contributed by atoms with Gasteiger partial charge in [-0.15, -0.1) is 0 Å². The van der Waals surface area contributed by atoms with Gasteiger partial charge in [-0.05, 0) is 43.0 Å². The number of nitrogens with one attached hydrogen (secondary N) is 1. The van der Waals surface area contributed by atoms with E-state index in [9.17, 15) is 9.59 Å². The van der Waals surface area contributed by atoms with E-state index in [0.29, 0.717) is 0 Å². The summed E-state index contributed by atoms with van der Waals surface area (Å²) >= 11 is 0. The highest BCUT2D eigenvalue weighted by molar-refractivity contribution is 6.02. The Morgan fingerprint density at radius 2 is 1.58 bits per heavy atom. The summed E-state index contributed by atoms with van der Waals surface area (Å²) < 4.78 is 0.